The van der Waals surface area contributed by atoms with Crippen molar-refractivity contribution in [3.63, 3.8) is 0 Å². The monoisotopic (exact) mass is 336 g/mol. The molecule has 0 amide bonds. The van der Waals surface area contributed by atoms with Crippen LogP contribution in [0.4, 0.5) is 0 Å². The van der Waals surface area contributed by atoms with Gasteiger partial charge in [0.25, 0.3) is 0 Å². The first-order chi connectivity index (χ1) is 9.61. The Morgan fingerprint density at radius 3 is 2.40 bits per heavy atom. The van der Waals surface area contributed by atoms with Crippen molar-refractivity contribution in [3.8, 4) is 0 Å². The van der Waals surface area contributed by atoms with Gasteiger partial charge in [-0.15, -0.1) is 0 Å². The van der Waals surface area contributed by atoms with Crippen LogP contribution in [0.5, 0.6) is 0 Å². The lowest BCUT2D eigenvalue weighted by molar-refractivity contribution is 0.132. The molecule has 1 N–H and O–H groups in total. The van der Waals surface area contributed by atoms with Gasteiger partial charge in [-0.3, -0.25) is 0 Å². The molecule has 2 nitrogen and oxygen atoms in total. The van der Waals surface area contributed by atoms with Gasteiger partial charge < -0.3 is 10.2 Å². The van der Waals surface area contributed by atoms with Gasteiger partial charge in [0.1, 0.15) is 0 Å². The summed E-state index contributed by atoms with van der Waals surface area (Å²) in [6, 6.07) is 11.7. The highest BCUT2D eigenvalue weighted by molar-refractivity contribution is 9.10. The minimum Gasteiger partial charge on any atom is -0.311 e. The van der Waals surface area contributed by atoms with Crippen molar-refractivity contribution in [2.45, 2.75) is 63.2 Å². The van der Waals surface area contributed by atoms with E-state index in [0.29, 0.717) is 6.04 Å². The Labute approximate surface area is 131 Å². The zero-order chi connectivity index (χ0) is 14.1. The SMILES string of the molecule is CC(Cc1ccc(Br)cc1)N(C)C1CC2CCC(C1)N2. The molecule has 2 heterocycles. The fourth-order valence-electron chi connectivity index (χ4n) is 3.83. The molecule has 2 aliphatic rings. The second kappa shape index (κ2) is 6.17. The molecule has 2 fully saturated rings. The van der Waals surface area contributed by atoms with Gasteiger partial charge in [-0.25, -0.2) is 0 Å². The van der Waals surface area contributed by atoms with E-state index in [-0.39, 0.29) is 0 Å². The highest BCUT2D eigenvalue weighted by Crippen LogP contribution is 2.30. The van der Waals surface area contributed by atoms with E-state index in [0.717, 1.165) is 29.0 Å². The largest absolute Gasteiger partial charge is 0.311 e. The summed E-state index contributed by atoms with van der Waals surface area (Å²) >= 11 is 3.51. The quantitative estimate of drug-likeness (QED) is 0.903. The van der Waals surface area contributed by atoms with Crippen LogP contribution in [0.2, 0.25) is 0 Å². The summed E-state index contributed by atoms with van der Waals surface area (Å²) in [5.41, 5.74) is 1.43. The number of nitrogens with one attached hydrogen (secondary N) is 1. The maximum Gasteiger partial charge on any atom is 0.0175 e. The van der Waals surface area contributed by atoms with Gasteiger partial charge in [-0.2, -0.15) is 0 Å². The highest BCUT2D eigenvalue weighted by Gasteiger charge is 2.35. The van der Waals surface area contributed by atoms with Crippen LogP contribution in [-0.4, -0.2) is 36.1 Å². The first-order valence-corrected chi connectivity index (χ1v) is 8.63. The van der Waals surface area contributed by atoms with Crippen molar-refractivity contribution in [2.24, 2.45) is 0 Å². The average Bonchev–Trinajstić information content (AvgIpc) is 2.79. The molecular formula is C17H25BrN2. The molecule has 2 saturated heterocycles. The Balaban J connectivity index is 1.58. The molecule has 2 bridgehead atoms. The normalized spacial score (nSPS) is 30.7. The standard InChI is InChI=1S/C17H25BrN2/c1-12(9-13-3-5-14(18)6-4-13)20(2)17-10-15-7-8-16(11-17)19-15/h3-6,12,15-17,19H,7-11H2,1-2H3. The minimum atomic E-state index is 0.610. The van der Waals surface area contributed by atoms with Crippen LogP contribution in [0.1, 0.15) is 38.2 Å². The number of nitrogens with zero attached hydrogens (tertiary/aromatic N) is 1. The average molecular weight is 337 g/mol. The molecule has 110 valence electrons. The van der Waals surface area contributed by atoms with Crippen molar-refractivity contribution < 1.29 is 0 Å². The van der Waals surface area contributed by atoms with Crippen molar-refractivity contribution in [2.75, 3.05) is 7.05 Å². The van der Waals surface area contributed by atoms with Crippen molar-refractivity contribution >= 4 is 15.9 Å². The third kappa shape index (κ3) is 3.26. The second-order valence-electron chi connectivity index (χ2n) is 6.61. The number of hydrogen-bond donors (Lipinski definition) is 1. The van der Waals surface area contributed by atoms with E-state index in [1.165, 1.54) is 31.2 Å². The minimum absolute atomic E-state index is 0.610. The topological polar surface area (TPSA) is 15.3 Å². The van der Waals surface area contributed by atoms with E-state index in [9.17, 15) is 0 Å². The van der Waals surface area contributed by atoms with E-state index in [4.69, 9.17) is 0 Å². The number of likely N-dealkylation sites (N-methyl/N-ethyl adjacent to an activating group) is 1. The summed E-state index contributed by atoms with van der Waals surface area (Å²) in [4.78, 5) is 2.62. The van der Waals surface area contributed by atoms with Gasteiger partial charge in [-0.1, -0.05) is 28.1 Å². The van der Waals surface area contributed by atoms with Crippen LogP contribution in [0.15, 0.2) is 28.7 Å². The third-order valence-corrected chi connectivity index (χ3v) is 5.69. The van der Waals surface area contributed by atoms with Gasteiger partial charge in [0, 0.05) is 28.6 Å². The molecule has 3 heteroatoms. The molecule has 20 heavy (non-hydrogen) atoms. The molecule has 3 atom stereocenters. The number of hydrogen-bond acceptors (Lipinski definition) is 2. The van der Waals surface area contributed by atoms with Crippen LogP contribution in [0.25, 0.3) is 0 Å². The molecular weight excluding hydrogens is 312 g/mol. The van der Waals surface area contributed by atoms with Gasteiger partial charge in [0.15, 0.2) is 0 Å². The van der Waals surface area contributed by atoms with Crippen molar-refractivity contribution in [1.29, 1.82) is 0 Å². The molecule has 0 aliphatic carbocycles. The van der Waals surface area contributed by atoms with E-state index < -0.39 is 0 Å². The van der Waals surface area contributed by atoms with Crippen molar-refractivity contribution in [1.82, 2.24) is 10.2 Å². The lowest BCUT2D eigenvalue weighted by atomic mass is 9.96. The Hall–Kier alpha value is -0.380. The fourth-order valence-corrected chi connectivity index (χ4v) is 4.09. The third-order valence-electron chi connectivity index (χ3n) is 5.16. The number of fused-ring (bicyclic) bond motifs is 2. The zero-order valence-electron chi connectivity index (χ0n) is 12.5. The lowest BCUT2D eigenvalue weighted by Crippen LogP contribution is -2.49. The zero-order valence-corrected chi connectivity index (χ0v) is 14.1. The summed E-state index contributed by atoms with van der Waals surface area (Å²) in [7, 11) is 2.32. The van der Waals surface area contributed by atoms with Gasteiger partial charge in [0.2, 0.25) is 0 Å². The van der Waals surface area contributed by atoms with Crippen LogP contribution in [0, 0.1) is 0 Å². The molecule has 3 rings (SSSR count). The molecule has 1 aromatic rings. The highest BCUT2D eigenvalue weighted by atomic mass is 79.9. The molecule has 0 saturated carbocycles. The van der Waals surface area contributed by atoms with E-state index in [1.807, 2.05) is 0 Å². The molecule has 1 aromatic carbocycles. The maximum absolute atomic E-state index is 3.74. The Morgan fingerprint density at radius 2 is 1.80 bits per heavy atom. The predicted octanol–water partition coefficient (Wildman–Crippen LogP) is 3.59. The Bertz CT molecular complexity index is 433. The fraction of sp³-hybridized carbons (Fsp3) is 0.647. The van der Waals surface area contributed by atoms with Crippen LogP contribution in [-0.2, 0) is 6.42 Å². The lowest BCUT2D eigenvalue weighted by Gasteiger charge is -2.39. The number of benzene rings is 1. The molecule has 3 unspecified atom stereocenters. The van der Waals surface area contributed by atoms with E-state index >= 15 is 0 Å². The van der Waals surface area contributed by atoms with Crippen LogP contribution >= 0.6 is 15.9 Å². The first-order valence-electron chi connectivity index (χ1n) is 7.84. The molecule has 0 aromatic heterocycles. The summed E-state index contributed by atoms with van der Waals surface area (Å²) in [5, 5.41) is 3.74. The van der Waals surface area contributed by atoms with E-state index in [2.05, 4.69) is 64.4 Å². The summed E-state index contributed by atoms with van der Waals surface area (Å²) in [6.45, 7) is 2.37. The van der Waals surface area contributed by atoms with Gasteiger partial charge in [0.05, 0.1) is 0 Å². The molecule has 0 radical (unpaired) electrons. The Kier molecular flexibility index (Phi) is 4.49. The number of piperidine rings is 1. The number of rotatable bonds is 4. The van der Waals surface area contributed by atoms with Crippen LogP contribution < -0.4 is 5.32 Å². The van der Waals surface area contributed by atoms with Crippen LogP contribution in [0.3, 0.4) is 0 Å². The van der Waals surface area contributed by atoms with E-state index in [1.54, 1.807) is 0 Å². The smallest absolute Gasteiger partial charge is 0.0175 e. The number of halogens is 1. The molecule has 2 aliphatic heterocycles. The summed E-state index contributed by atoms with van der Waals surface area (Å²) in [5.74, 6) is 0. The first kappa shape index (κ1) is 14.6. The second-order valence-corrected chi connectivity index (χ2v) is 7.52. The summed E-state index contributed by atoms with van der Waals surface area (Å²) in [6.07, 6.45) is 6.57. The molecule has 0 spiro atoms. The van der Waals surface area contributed by atoms with Crippen molar-refractivity contribution in [3.05, 3.63) is 34.3 Å². The maximum atomic E-state index is 3.74. The van der Waals surface area contributed by atoms with Gasteiger partial charge >= 0.3 is 0 Å². The summed E-state index contributed by atoms with van der Waals surface area (Å²) < 4.78 is 1.16. The Morgan fingerprint density at radius 1 is 1.20 bits per heavy atom. The van der Waals surface area contributed by atoms with Gasteiger partial charge in [-0.05, 0) is 63.8 Å². The predicted molar refractivity (Wildman–Crippen MR) is 88.0 cm³/mol.